The molecule has 0 N–H and O–H groups in total. The van der Waals surface area contributed by atoms with Crippen LogP contribution in [0.4, 0.5) is 0 Å². The number of hydrogen-bond donors (Lipinski definition) is 0. The van der Waals surface area contributed by atoms with Crippen LogP contribution in [0.25, 0.3) is 0 Å². The lowest BCUT2D eigenvalue weighted by Gasteiger charge is -2.18. The molecule has 0 aliphatic rings. The molecule has 0 amide bonds. The molecule has 1 unspecified atom stereocenters. The van der Waals surface area contributed by atoms with Gasteiger partial charge in [0.1, 0.15) is 13.2 Å². The van der Waals surface area contributed by atoms with Crippen molar-refractivity contribution >= 4 is 17.9 Å². The molecular formula is C55H88O6. The highest BCUT2D eigenvalue weighted by atomic mass is 16.6. The van der Waals surface area contributed by atoms with Crippen molar-refractivity contribution in [3.05, 3.63) is 109 Å². The van der Waals surface area contributed by atoms with E-state index in [1.807, 2.05) is 6.08 Å². The zero-order valence-corrected chi connectivity index (χ0v) is 39.1. The van der Waals surface area contributed by atoms with Crippen molar-refractivity contribution in [1.29, 1.82) is 0 Å². The first-order chi connectivity index (χ1) is 30.0. The molecule has 6 nitrogen and oxygen atoms in total. The molecule has 0 aromatic rings. The Bertz CT molecular complexity index is 1290. The first-order valence-corrected chi connectivity index (χ1v) is 24.4. The number of carbonyl (C=O) groups is 3. The third-order valence-electron chi connectivity index (χ3n) is 9.80. The van der Waals surface area contributed by atoms with Crippen molar-refractivity contribution in [1.82, 2.24) is 0 Å². The Morgan fingerprint density at radius 2 is 0.754 bits per heavy atom. The van der Waals surface area contributed by atoms with Gasteiger partial charge in [-0.3, -0.25) is 14.4 Å². The molecule has 1 atom stereocenters. The summed E-state index contributed by atoms with van der Waals surface area (Å²) in [6.07, 6.45) is 65.4. The highest BCUT2D eigenvalue weighted by Crippen LogP contribution is 2.12. The van der Waals surface area contributed by atoms with Gasteiger partial charge in [-0.2, -0.15) is 0 Å². The Morgan fingerprint density at radius 3 is 1.26 bits per heavy atom. The second-order valence-electron chi connectivity index (χ2n) is 15.6. The Hall–Kier alpha value is -3.93. The van der Waals surface area contributed by atoms with E-state index in [1.54, 1.807) is 6.08 Å². The zero-order chi connectivity index (χ0) is 44.4. The minimum Gasteiger partial charge on any atom is -0.462 e. The molecular weight excluding hydrogens is 757 g/mol. The first kappa shape index (κ1) is 57.1. The van der Waals surface area contributed by atoms with Crippen LogP contribution in [0.2, 0.25) is 0 Å². The van der Waals surface area contributed by atoms with Crippen molar-refractivity contribution in [2.75, 3.05) is 13.2 Å². The average Bonchev–Trinajstić information content (AvgIpc) is 3.26. The quantitative estimate of drug-likeness (QED) is 0.0200. The smallest absolute Gasteiger partial charge is 0.309 e. The molecule has 0 fully saturated rings. The fourth-order valence-electron chi connectivity index (χ4n) is 6.19. The molecule has 0 rings (SSSR count). The molecule has 0 bridgehead atoms. The van der Waals surface area contributed by atoms with Gasteiger partial charge in [0, 0.05) is 12.8 Å². The van der Waals surface area contributed by atoms with E-state index >= 15 is 0 Å². The predicted octanol–water partition coefficient (Wildman–Crippen LogP) is 16.0. The van der Waals surface area contributed by atoms with E-state index in [9.17, 15) is 14.4 Å². The molecule has 0 aliphatic carbocycles. The summed E-state index contributed by atoms with van der Waals surface area (Å²) in [6, 6.07) is 0. The molecule has 0 aliphatic heterocycles. The van der Waals surface area contributed by atoms with Crippen LogP contribution in [-0.4, -0.2) is 37.2 Å². The number of esters is 3. The largest absolute Gasteiger partial charge is 0.462 e. The van der Waals surface area contributed by atoms with E-state index in [1.165, 1.54) is 51.4 Å². The third-order valence-corrected chi connectivity index (χ3v) is 9.80. The topological polar surface area (TPSA) is 78.9 Å². The Morgan fingerprint density at radius 1 is 0.377 bits per heavy atom. The Balaban J connectivity index is 4.49. The third kappa shape index (κ3) is 47.0. The van der Waals surface area contributed by atoms with Crippen LogP contribution in [0.1, 0.15) is 201 Å². The minimum atomic E-state index is -0.837. The number of unbranched alkanes of at least 4 members (excludes halogenated alkanes) is 15. The second-order valence-corrected chi connectivity index (χ2v) is 15.6. The Kier molecular flexibility index (Phi) is 45.6. The lowest BCUT2D eigenvalue weighted by atomic mass is 10.1. The van der Waals surface area contributed by atoms with Crippen LogP contribution in [-0.2, 0) is 28.6 Å². The van der Waals surface area contributed by atoms with Gasteiger partial charge in [-0.1, -0.05) is 194 Å². The zero-order valence-electron chi connectivity index (χ0n) is 39.1. The molecule has 0 radical (unpaired) electrons. The summed E-state index contributed by atoms with van der Waals surface area (Å²) in [7, 11) is 0. The summed E-state index contributed by atoms with van der Waals surface area (Å²) in [5.74, 6) is -1.11. The minimum absolute atomic E-state index is 0.121. The summed E-state index contributed by atoms with van der Waals surface area (Å²) in [6.45, 7) is 6.24. The number of rotatable bonds is 42. The van der Waals surface area contributed by atoms with E-state index in [-0.39, 0.29) is 38.0 Å². The maximum absolute atomic E-state index is 12.7. The van der Waals surface area contributed by atoms with Gasteiger partial charge in [-0.15, -0.1) is 0 Å². The average molecular weight is 845 g/mol. The maximum Gasteiger partial charge on any atom is 0.309 e. The van der Waals surface area contributed by atoms with Crippen LogP contribution >= 0.6 is 0 Å². The van der Waals surface area contributed by atoms with Gasteiger partial charge >= 0.3 is 17.9 Å². The van der Waals surface area contributed by atoms with E-state index < -0.39 is 12.1 Å². The Labute approximate surface area is 374 Å². The maximum atomic E-state index is 12.7. The summed E-state index contributed by atoms with van der Waals surface area (Å²) in [5.41, 5.74) is 0. The van der Waals surface area contributed by atoms with E-state index in [4.69, 9.17) is 14.2 Å². The standard InChI is InChI=1S/C55H88O6/c1-4-7-10-13-16-19-21-23-25-27-28-30-31-33-36-39-42-45-48-54(57)60-51-52(50-59-53(56)47-44-41-38-35-18-15-12-9-6-3)61-55(58)49-46-43-40-37-34-32-29-26-24-22-20-17-14-11-8-5-2/h8-9,11-12,17-18,20,24-28,30,32,34-35,41,44,52H,4-7,10,13-16,19,21-23,29,31,33,36-40,42-43,45-51H2,1-3H3/b11-8-,12-9-,20-17-,26-24-,27-25-,30-28-,34-32-,35-18-,44-41-. The summed E-state index contributed by atoms with van der Waals surface area (Å²) in [4.78, 5) is 37.7. The highest BCUT2D eigenvalue weighted by molar-refractivity contribution is 5.72. The molecule has 6 heteroatoms. The summed E-state index contributed by atoms with van der Waals surface area (Å²) < 4.78 is 16.6. The second kappa shape index (κ2) is 48.7. The van der Waals surface area contributed by atoms with E-state index in [0.29, 0.717) is 12.8 Å². The van der Waals surface area contributed by atoms with Gasteiger partial charge in [-0.25, -0.2) is 0 Å². The van der Waals surface area contributed by atoms with Gasteiger partial charge in [0.25, 0.3) is 0 Å². The van der Waals surface area contributed by atoms with Gasteiger partial charge < -0.3 is 14.2 Å². The van der Waals surface area contributed by atoms with Gasteiger partial charge in [0.15, 0.2) is 6.10 Å². The summed E-state index contributed by atoms with van der Waals surface area (Å²) >= 11 is 0. The molecule has 0 heterocycles. The molecule has 344 valence electrons. The lowest BCUT2D eigenvalue weighted by Crippen LogP contribution is -2.30. The lowest BCUT2D eigenvalue weighted by molar-refractivity contribution is -0.166. The van der Waals surface area contributed by atoms with E-state index in [2.05, 4.69) is 118 Å². The fraction of sp³-hybridized carbons (Fsp3) is 0.618. The molecule has 0 saturated heterocycles. The van der Waals surface area contributed by atoms with Crippen LogP contribution in [0, 0.1) is 0 Å². The fourth-order valence-corrected chi connectivity index (χ4v) is 6.19. The van der Waals surface area contributed by atoms with Crippen LogP contribution in [0.15, 0.2) is 109 Å². The van der Waals surface area contributed by atoms with Gasteiger partial charge in [0.2, 0.25) is 0 Å². The monoisotopic (exact) mass is 845 g/mol. The highest BCUT2D eigenvalue weighted by Gasteiger charge is 2.19. The first-order valence-electron chi connectivity index (χ1n) is 24.4. The number of hydrogen-bond acceptors (Lipinski definition) is 6. The molecule has 0 aromatic carbocycles. The van der Waals surface area contributed by atoms with E-state index in [0.717, 1.165) is 103 Å². The normalized spacial score (nSPS) is 13.0. The molecule has 0 saturated carbocycles. The van der Waals surface area contributed by atoms with Crippen LogP contribution in [0.5, 0.6) is 0 Å². The van der Waals surface area contributed by atoms with Crippen molar-refractivity contribution in [3.63, 3.8) is 0 Å². The number of allylic oxidation sites excluding steroid dienone is 17. The summed E-state index contributed by atoms with van der Waals surface area (Å²) in [5, 5.41) is 0. The van der Waals surface area contributed by atoms with Gasteiger partial charge in [0.05, 0.1) is 6.42 Å². The van der Waals surface area contributed by atoms with Crippen molar-refractivity contribution in [2.24, 2.45) is 0 Å². The molecule has 61 heavy (non-hydrogen) atoms. The van der Waals surface area contributed by atoms with Crippen molar-refractivity contribution in [2.45, 2.75) is 207 Å². The van der Waals surface area contributed by atoms with Crippen LogP contribution in [0.3, 0.4) is 0 Å². The molecule has 0 aromatic heterocycles. The number of ether oxygens (including phenoxy) is 3. The van der Waals surface area contributed by atoms with Crippen LogP contribution < -0.4 is 0 Å². The predicted molar refractivity (Wildman–Crippen MR) is 260 cm³/mol. The number of carbonyl (C=O) groups excluding carboxylic acids is 3. The van der Waals surface area contributed by atoms with Gasteiger partial charge in [-0.05, 0) is 96.3 Å². The molecule has 0 spiro atoms. The SMILES string of the molecule is CC/C=C\C/C=C\C/C=C\C/C=C\CCCCCC(=O)OC(COC(=O)C/C=C\C/C=C\C/C=C\CC)COC(=O)CCCCCCC/C=C\C=C/CCCCCCCCC. The van der Waals surface area contributed by atoms with Crippen molar-refractivity contribution < 1.29 is 28.6 Å². The van der Waals surface area contributed by atoms with Crippen molar-refractivity contribution in [3.8, 4) is 0 Å².